The molecular formula is C11H16ClNO. The highest BCUT2D eigenvalue weighted by Crippen LogP contribution is 2.13. The second-order valence-electron chi connectivity index (χ2n) is 3.68. The molecule has 1 aliphatic rings. The minimum atomic E-state index is -0.177. The van der Waals surface area contributed by atoms with E-state index >= 15 is 0 Å². The molecule has 14 heavy (non-hydrogen) atoms. The van der Waals surface area contributed by atoms with Gasteiger partial charge in [0.1, 0.15) is 0 Å². The van der Waals surface area contributed by atoms with Crippen LogP contribution in [0.4, 0.5) is 0 Å². The zero-order valence-electron chi connectivity index (χ0n) is 8.02. The van der Waals surface area contributed by atoms with Gasteiger partial charge in [0.2, 0.25) is 0 Å². The van der Waals surface area contributed by atoms with Crippen molar-refractivity contribution in [2.75, 3.05) is 13.1 Å². The van der Waals surface area contributed by atoms with Crippen LogP contribution in [-0.4, -0.2) is 24.3 Å². The lowest BCUT2D eigenvalue weighted by Crippen LogP contribution is -2.49. The first-order chi connectivity index (χ1) is 6.36. The van der Waals surface area contributed by atoms with Gasteiger partial charge in [-0.1, -0.05) is 30.3 Å². The molecule has 2 rings (SSSR count). The number of rotatable bonds is 3. The summed E-state index contributed by atoms with van der Waals surface area (Å²) >= 11 is 0. The van der Waals surface area contributed by atoms with Crippen molar-refractivity contribution in [3.8, 4) is 0 Å². The van der Waals surface area contributed by atoms with Crippen molar-refractivity contribution in [1.29, 1.82) is 0 Å². The highest BCUT2D eigenvalue weighted by molar-refractivity contribution is 5.85. The Morgan fingerprint density at radius 2 is 1.93 bits per heavy atom. The molecule has 1 saturated heterocycles. The Labute approximate surface area is 90.7 Å². The Bertz CT molecular complexity index is 261. The zero-order valence-corrected chi connectivity index (χ0v) is 8.83. The van der Waals surface area contributed by atoms with E-state index in [1.807, 2.05) is 18.2 Å². The Hall–Kier alpha value is -0.570. The molecule has 0 spiro atoms. The van der Waals surface area contributed by atoms with E-state index in [1.54, 1.807) is 0 Å². The first-order valence-electron chi connectivity index (χ1n) is 4.79. The lowest BCUT2D eigenvalue weighted by Gasteiger charge is -2.31. The summed E-state index contributed by atoms with van der Waals surface area (Å²) in [5.74, 6) is 0.459. The Kier molecular flexibility index (Phi) is 4.39. The van der Waals surface area contributed by atoms with Gasteiger partial charge in [0.05, 0.1) is 6.10 Å². The third-order valence-corrected chi connectivity index (χ3v) is 2.64. The summed E-state index contributed by atoms with van der Waals surface area (Å²) in [4.78, 5) is 0. The number of benzene rings is 1. The van der Waals surface area contributed by atoms with Gasteiger partial charge in [0, 0.05) is 19.0 Å². The smallest absolute Gasteiger partial charge is 0.0632 e. The first-order valence-corrected chi connectivity index (χ1v) is 4.79. The molecule has 1 aromatic carbocycles. The monoisotopic (exact) mass is 213 g/mol. The third kappa shape index (κ3) is 2.71. The Balaban J connectivity index is 0.000000980. The zero-order chi connectivity index (χ0) is 9.10. The minimum Gasteiger partial charge on any atom is -0.392 e. The van der Waals surface area contributed by atoms with Crippen LogP contribution >= 0.6 is 12.4 Å². The van der Waals surface area contributed by atoms with Crippen molar-refractivity contribution in [2.45, 2.75) is 12.5 Å². The van der Waals surface area contributed by atoms with Crippen LogP contribution in [0.25, 0.3) is 0 Å². The predicted octanol–water partition coefficient (Wildman–Crippen LogP) is 1.23. The molecule has 1 heterocycles. The van der Waals surface area contributed by atoms with E-state index in [-0.39, 0.29) is 18.5 Å². The second kappa shape index (κ2) is 5.35. The third-order valence-electron chi connectivity index (χ3n) is 2.64. The summed E-state index contributed by atoms with van der Waals surface area (Å²) in [6.07, 6.45) is 0.608. The summed E-state index contributed by atoms with van der Waals surface area (Å²) in [5.41, 5.74) is 1.22. The van der Waals surface area contributed by atoms with E-state index < -0.39 is 0 Å². The van der Waals surface area contributed by atoms with E-state index in [2.05, 4.69) is 17.4 Å². The summed E-state index contributed by atoms with van der Waals surface area (Å²) < 4.78 is 0. The average Bonchev–Trinajstić information content (AvgIpc) is 2.02. The van der Waals surface area contributed by atoms with Gasteiger partial charge in [-0.25, -0.2) is 0 Å². The standard InChI is InChI=1S/C11H15NO.ClH/c13-11(10-7-12-8-10)6-9-4-2-1-3-5-9;/h1-5,10-13H,6-8H2;1H. The number of aliphatic hydroxyl groups is 1. The molecule has 2 nitrogen and oxygen atoms in total. The largest absolute Gasteiger partial charge is 0.392 e. The molecule has 1 fully saturated rings. The second-order valence-corrected chi connectivity index (χ2v) is 3.68. The Morgan fingerprint density at radius 1 is 1.29 bits per heavy atom. The highest BCUT2D eigenvalue weighted by atomic mass is 35.5. The van der Waals surface area contributed by atoms with Crippen molar-refractivity contribution >= 4 is 12.4 Å². The highest BCUT2D eigenvalue weighted by Gasteiger charge is 2.24. The quantitative estimate of drug-likeness (QED) is 0.792. The maximum absolute atomic E-state index is 9.78. The number of halogens is 1. The molecule has 0 radical (unpaired) electrons. The van der Waals surface area contributed by atoms with E-state index in [1.165, 1.54) is 5.56 Å². The molecule has 1 atom stereocenters. The average molecular weight is 214 g/mol. The molecule has 0 aromatic heterocycles. The van der Waals surface area contributed by atoms with Crippen LogP contribution in [0.2, 0.25) is 0 Å². The number of nitrogens with one attached hydrogen (secondary N) is 1. The minimum absolute atomic E-state index is 0. The molecule has 0 aliphatic carbocycles. The van der Waals surface area contributed by atoms with Gasteiger partial charge in [-0.15, -0.1) is 12.4 Å². The van der Waals surface area contributed by atoms with Gasteiger partial charge < -0.3 is 10.4 Å². The maximum Gasteiger partial charge on any atom is 0.0632 e. The number of hydrogen-bond acceptors (Lipinski definition) is 2. The summed E-state index contributed by atoms with van der Waals surface area (Å²) in [6.45, 7) is 1.93. The molecule has 3 heteroatoms. The number of aliphatic hydroxyl groups excluding tert-OH is 1. The summed E-state index contributed by atoms with van der Waals surface area (Å²) in [7, 11) is 0. The van der Waals surface area contributed by atoms with Crippen molar-refractivity contribution < 1.29 is 5.11 Å². The SMILES string of the molecule is Cl.OC(Cc1ccccc1)C1CNC1. The fraction of sp³-hybridized carbons (Fsp3) is 0.455. The first kappa shape index (κ1) is 11.5. The van der Waals surface area contributed by atoms with Crippen LogP contribution in [0.1, 0.15) is 5.56 Å². The molecule has 1 aliphatic heterocycles. The maximum atomic E-state index is 9.78. The van der Waals surface area contributed by atoms with Gasteiger partial charge >= 0.3 is 0 Å². The van der Waals surface area contributed by atoms with Crippen molar-refractivity contribution in [3.05, 3.63) is 35.9 Å². The van der Waals surface area contributed by atoms with Gasteiger partial charge in [-0.05, 0) is 12.0 Å². The lowest BCUT2D eigenvalue weighted by atomic mass is 9.92. The van der Waals surface area contributed by atoms with Crippen molar-refractivity contribution in [1.82, 2.24) is 5.32 Å². The van der Waals surface area contributed by atoms with Crippen molar-refractivity contribution in [3.63, 3.8) is 0 Å². The van der Waals surface area contributed by atoms with Gasteiger partial charge in [0.25, 0.3) is 0 Å². The normalized spacial score (nSPS) is 18.1. The molecule has 1 unspecified atom stereocenters. The van der Waals surface area contributed by atoms with Crippen LogP contribution in [0, 0.1) is 5.92 Å². The molecule has 0 amide bonds. The number of hydrogen-bond donors (Lipinski definition) is 2. The van der Waals surface area contributed by atoms with E-state index in [0.29, 0.717) is 5.92 Å². The topological polar surface area (TPSA) is 32.3 Å². The van der Waals surface area contributed by atoms with E-state index in [4.69, 9.17) is 0 Å². The van der Waals surface area contributed by atoms with Crippen molar-refractivity contribution in [2.24, 2.45) is 5.92 Å². The van der Waals surface area contributed by atoms with Gasteiger partial charge in [-0.2, -0.15) is 0 Å². The Morgan fingerprint density at radius 3 is 2.43 bits per heavy atom. The molecule has 0 bridgehead atoms. The van der Waals surface area contributed by atoms with Gasteiger partial charge in [-0.3, -0.25) is 0 Å². The van der Waals surface area contributed by atoms with Crippen LogP contribution < -0.4 is 5.32 Å². The molecule has 1 aromatic rings. The fourth-order valence-electron chi connectivity index (χ4n) is 1.61. The molecule has 78 valence electrons. The van der Waals surface area contributed by atoms with E-state index in [0.717, 1.165) is 19.5 Å². The predicted molar refractivity (Wildman–Crippen MR) is 59.8 cm³/mol. The van der Waals surface area contributed by atoms with E-state index in [9.17, 15) is 5.11 Å². The summed E-state index contributed by atoms with van der Waals surface area (Å²) in [6, 6.07) is 10.2. The lowest BCUT2D eigenvalue weighted by molar-refractivity contribution is 0.0772. The van der Waals surface area contributed by atoms with Crippen LogP contribution in [0.5, 0.6) is 0 Å². The molecule has 2 N–H and O–H groups in total. The molecular weight excluding hydrogens is 198 g/mol. The fourth-order valence-corrected chi connectivity index (χ4v) is 1.61. The van der Waals surface area contributed by atoms with Crippen LogP contribution in [0.15, 0.2) is 30.3 Å². The van der Waals surface area contributed by atoms with Gasteiger partial charge in [0.15, 0.2) is 0 Å². The van der Waals surface area contributed by atoms with Crippen LogP contribution in [-0.2, 0) is 6.42 Å². The summed E-state index contributed by atoms with van der Waals surface area (Å²) in [5, 5.41) is 13.0. The van der Waals surface area contributed by atoms with Crippen LogP contribution in [0.3, 0.4) is 0 Å². The molecule has 0 saturated carbocycles.